The van der Waals surface area contributed by atoms with Crippen molar-refractivity contribution >= 4 is 16.8 Å². The number of H-pyrrole nitrogens is 1. The molecule has 0 bridgehead atoms. The van der Waals surface area contributed by atoms with E-state index < -0.39 is 0 Å². The van der Waals surface area contributed by atoms with Gasteiger partial charge in [-0.1, -0.05) is 18.2 Å². The summed E-state index contributed by atoms with van der Waals surface area (Å²) in [6.07, 6.45) is 4.76. The van der Waals surface area contributed by atoms with Gasteiger partial charge in [-0.3, -0.25) is 9.48 Å². The number of fused-ring (bicyclic) bond motifs is 2. The highest BCUT2D eigenvalue weighted by atomic mass is 16.5. The number of amides is 1. The second-order valence-electron chi connectivity index (χ2n) is 7.35. The molecule has 2 aromatic heterocycles. The van der Waals surface area contributed by atoms with Crippen LogP contribution in [0.15, 0.2) is 30.5 Å². The van der Waals surface area contributed by atoms with Gasteiger partial charge in [0.25, 0.3) is 0 Å². The standard InChI is InChI=1S/C22H28N4O3/c1-28-13-11-26-21-9-12-29-15-18(21)20(25-26)6-7-22(27)23-10-8-16-14-24-19-5-3-2-4-17(16)19/h2-5,14,24H,6-13,15H2,1H3,(H,23,27). The molecule has 0 atom stereocenters. The van der Waals surface area contributed by atoms with Crippen LogP contribution in [0.5, 0.6) is 0 Å². The molecule has 1 aliphatic heterocycles. The summed E-state index contributed by atoms with van der Waals surface area (Å²) in [7, 11) is 1.70. The van der Waals surface area contributed by atoms with Crippen LogP contribution >= 0.6 is 0 Å². The molecule has 1 aliphatic rings. The number of aromatic nitrogens is 3. The summed E-state index contributed by atoms with van der Waals surface area (Å²) < 4.78 is 12.8. The second-order valence-corrected chi connectivity index (χ2v) is 7.35. The number of methoxy groups -OCH3 is 1. The Labute approximate surface area is 170 Å². The van der Waals surface area contributed by atoms with Crippen molar-refractivity contribution < 1.29 is 14.3 Å². The predicted molar refractivity (Wildman–Crippen MR) is 111 cm³/mol. The number of carbonyl (C=O) groups is 1. The lowest BCUT2D eigenvalue weighted by atomic mass is 10.1. The molecule has 0 saturated carbocycles. The SMILES string of the molecule is COCCn1nc(CCC(=O)NCCc2c[nH]c3ccccc23)c2c1CCOC2. The van der Waals surface area contributed by atoms with Crippen LogP contribution in [-0.2, 0) is 46.7 Å². The van der Waals surface area contributed by atoms with E-state index >= 15 is 0 Å². The highest BCUT2D eigenvalue weighted by Crippen LogP contribution is 2.22. The Bertz CT molecular complexity index is 976. The minimum atomic E-state index is 0.0572. The first kappa shape index (κ1) is 19.7. The molecule has 0 spiro atoms. The quantitative estimate of drug-likeness (QED) is 0.582. The van der Waals surface area contributed by atoms with Gasteiger partial charge in [0, 0.05) is 61.3 Å². The van der Waals surface area contributed by atoms with Crippen LogP contribution < -0.4 is 5.32 Å². The Hall–Kier alpha value is -2.64. The summed E-state index contributed by atoms with van der Waals surface area (Å²) in [5.41, 5.74) is 5.71. The molecule has 7 heteroatoms. The van der Waals surface area contributed by atoms with E-state index in [4.69, 9.17) is 14.6 Å². The molecular weight excluding hydrogens is 368 g/mol. The van der Waals surface area contributed by atoms with E-state index in [-0.39, 0.29) is 5.91 Å². The molecule has 1 aromatic carbocycles. The molecular formula is C22H28N4O3. The fraction of sp³-hybridized carbons (Fsp3) is 0.455. The van der Waals surface area contributed by atoms with Crippen molar-refractivity contribution in [1.29, 1.82) is 0 Å². The van der Waals surface area contributed by atoms with Crippen LogP contribution in [0, 0.1) is 0 Å². The van der Waals surface area contributed by atoms with E-state index in [2.05, 4.69) is 22.4 Å². The van der Waals surface area contributed by atoms with E-state index in [1.54, 1.807) is 7.11 Å². The third-order valence-corrected chi connectivity index (χ3v) is 5.47. The van der Waals surface area contributed by atoms with Gasteiger partial charge in [0.1, 0.15) is 0 Å². The first-order valence-electron chi connectivity index (χ1n) is 10.2. The third kappa shape index (κ3) is 4.52. The largest absolute Gasteiger partial charge is 0.383 e. The normalized spacial score (nSPS) is 13.6. The molecule has 154 valence electrons. The van der Waals surface area contributed by atoms with Crippen LogP contribution in [0.3, 0.4) is 0 Å². The Morgan fingerprint density at radius 1 is 1.34 bits per heavy atom. The number of para-hydroxylation sites is 1. The molecule has 4 rings (SSSR count). The molecule has 1 amide bonds. The molecule has 0 aliphatic carbocycles. The Kier molecular flexibility index (Phi) is 6.27. The van der Waals surface area contributed by atoms with Gasteiger partial charge in [0.15, 0.2) is 0 Å². The van der Waals surface area contributed by atoms with E-state index in [0.717, 1.165) is 42.8 Å². The molecule has 7 nitrogen and oxygen atoms in total. The van der Waals surface area contributed by atoms with Gasteiger partial charge in [-0.05, 0) is 18.1 Å². The molecule has 0 fully saturated rings. The lowest BCUT2D eigenvalue weighted by Crippen LogP contribution is -2.26. The summed E-state index contributed by atoms with van der Waals surface area (Å²) in [4.78, 5) is 15.6. The summed E-state index contributed by atoms with van der Waals surface area (Å²) in [6, 6.07) is 8.22. The Balaban J connectivity index is 1.30. The smallest absolute Gasteiger partial charge is 0.220 e. The summed E-state index contributed by atoms with van der Waals surface area (Å²) >= 11 is 0. The molecule has 3 aromatic rings. The molecule has 2 N–H and O–H groups in total. The second kappa shape index (κ2) is 9.24. The molecule has 29 heavy (non-hydrogen) atoms. The summed E-state index contributed by atoms with van der Waals surface area (Å²) in [6.45, 7) is 3.29. The van der Waals surface area contributed by atoms with Crippen molar-refractivity contribution in [2.24, 2.45) is 0 Å². The van der Waals surface area contributed by atoms with E-state index in [0.29, 0.717) is 32.6 Å². The maximum atomic E-state index is 12.4. The zero-order valence-electron chi connectivity index (χ0n) is 16.9. The monoisotopic (exact) mass is 396 g/mol. The number of rotatable bonds is 9. The summed E-state index contributed by atoms with van der Waals surface area (Å²) in [5, 5.41) is 8.98. The fourth-order valence-corrected chi connectivity index (χ4v) is 3.94. The van der Waals surface area contributed by atoms with Gasteiger partial charge < -0.3 is 19.8 Å². The number of benzene rings is 1. The lowest BCUT2D eigenvalue weighted by Gasteiger charge is -2.15. The number of nitrogens with zero attached hydrogens (tertiary/aromatic N) is 2. The number of carbonyl (C=O) groups excluding carboxylic acids is 1. The zero-order valence-corrected chi connectivity index (χ0v) is 16.9. The maximum Gasteiger partial charge on any atom is 0.220 e. The van der Waals surface area contributed by atoms with Gasteiger partial charge in [-0.2, -0.15) is 5.10 Å². The van der Waals surface area contributed by atoms with Crippen LogP contribution in [-0.4, -0.2) is 47.5 Å². The molecule has 0 radical (unpaired) electrons. The number of hydrogen-bond acceptors (Lipinski definition) is 4. The van der Waals surface area contributed by atoms with Gasteiger partial charge >= 0.3 is 0 Å². The van der Waals surface area contributed by atoms with Crippen molar-refractivity contribution in [3.63, 3.8) is 0 Å². The number of aryl methyl sites for hydroxylation is 1. The van der Waals surface area contributed by atoms with E-state index in [9.17, 15) is 4.79 Å². The number of ether oxygens (including phenoxy) is 2. The summed E-state index contributed by atoms with van der Waals surface area (Å²) in [5.74, 6) is 0.0572. The van der Waals surface area contributed by atoms with Gasteiger partial charge in [-0.25, -0.2) is 0 Å². The number of hydrogen-bond donors (Lipinski definition) is 2. The van der Waals surface area contributed by atoms with Gasteiger partial charge in [0.2, 0.25) is 5.91 Å². The number of nitrogens with one attached hydrogen (secondary N) is 2. The van der Waals surface area contributed by atoms with Crippen molar-refractivity contribution in [2.45, 2.75) is 38.8 Å². The first-order chi connectivity index (χ1) is 14.3. The zero-order chi connectivity index (χ0) is 20.1. The highest BCUT2D eigenvalue weighted by molar-refractivity contribution is 5.83. The highest BCUT2D eigenvalue weighted by Gasteiger charge is 2.21. The average Bonchev–Trinajstić information content (AvgIpc) is 3.32. The van der Waals surface area contributed by atoms with Crippen molar-refractivity contribution in [2.75, 3.05) is 26.9 Å². The minimum absolute atomic E-state index is 0.0572. The van der Waals surface area contributed by atoms with Crippen molar-refractivity contribution in [3.8, 4) is 0 Å². The van der Waals surface area contributed by atoms with Crippen molar-refractivity contribution in [1.82, 2.24) is 20.1 Å². The molecule has 0 unspecified atom stereocenters. The lowest BCUT2D eigenvalue weighted by molar-refractivity contribution is -0.121. The number of aromatic amines is 1. The van der Waals surface area contributed by atoms with Crippen molar-refractivity contribution in [3.05, 3.63) is 53.0 Å². The van der Waals surface area contributed by atoms with Gasteiger partial charge in [-0.15, -0.1) is 0 Å². The Morgan fingerprint density at radius 3 is 3.14 bits per heavy atom. The van der Waals surface area contributed by atoms with E-state index in [1.165, 1.54) is 16.6 Å². The fourth-order valence-electron chi connectivity index (χ4n) is 3.94. The Morgan fingerprint density at radius 2 is 2.24 bits per heavy atom. The predicted octanol–water partition coefficient (Wildman–Crippen LogP) is 2.38. The van der Waals surface area contributed by atoms with Crippen LogP contribution in [0.4, 0.5) is 0 Å². The minimum Gasteiger partial charge on any atom is -0.383 e. The topological polar surface area (TPSA) is 81.2 Å². The van der Waals surface area contributed by atoms with E-state index in [1.807, 2.05) is 23.0 Å². The van der Waals surface area contributed by atoms with Crippen LogP contribution in [0.1, 0.15) is 28.9 Å². The molecule has 0 saturated heterocycles. The molecule has 3 heterocycles. The first-order valence-corrected chi connectivity index (χ1v) is 10.2. The third-order valence-electron chi connectivity index (χ3n) is 5.47. The van der Waals surface area contributed by atoms with Gasteiger partial charge in [0.05, 0.1) is 32.1 Å². The van der Waals surface area contributed by atoms with Crippen LogP contribution in [0.25, 0.3) is 10.9 Å². The maximum absolute atomic E-state index is 12.4. The average molecular weight is 396 g/mol. The van der Waals surface area contributed by atoms with Crippen LogP contribution in [0.2, 0.25) is 0 Å².